The summed E-state index contributed by atoms with van der Waals surface area (Å²) >= 11 is 0. The maximum Gasteiger partial charge on any atom is 0.306 e. The molecule has 0 aliphatic heterocycles. The van der Waals surface area contributed by atoms with Gasteiger partial charge in [0.25, 0.3) is 0 Å². The molecular weight excluding hydrogens is 829 g/mol. The van der Waals surface area contributed by atoms with Gasteiger partial charge in [-0.25, -0.2) is 0 Å². The Morgan fingerprint density at radius 3 is 1.00 bits per heavy atom. The first-order valence-electron chi connectivity index (χ1n) is 28.1. The molecule has 0 radical (unpaired) electrons. The van der Waals surface area contributed by atoms with E-state index in [-0.39, 0.29) is 37.5 Å². The van der Waals surface area contributed by atoms with Crippen LogP contribution >= 0.6 is 0 Å². The summed E-state index contributed by atoms with van der Waals surface area (Å²) in [5.74, 6) is -0.988. The highest BCUT2D eigenvalue weighted by Gasteiger charge is 2.19. The third kappa shape index (κ3) is 53.4. The topological polar surface area (TPSA) is 78.9 Å². The van der Waals surface area contributed by atoms with Gasteiger partial charge in [0, 0.05) is 19.3 Å². The first kappa shape index (κ1) is 63.6. The Hall–Kier alpha value is -3.41. The summed E-state index contributed by atoms with van der Waals surface area (Å²) in [5.41, 5.74) is 0. The van der Waals surface area contributed by atoms with Crippen molar-refractivity contribution in [3.05, 3.63) is 85.1 Å². The highest BCUT2D eigenvalue weighted by Crippen LogP contribution is 2.15. The number of ether oxygens (including phenoxy) is 3. The summed E-state index contributed by atoms with van der Waals surface area (Å²) in [6, 6.07) is 0. The molecule has 0 fully saturated rings. The highest BCUT2D eigenvalue weighted by atomic mass is 16.6. The summed E-state index contributed by atoms with van der Waals surface area (Å²) in [6.45, 7) is 6.46. The summed E-state index contributed by atoms with van der Waals surface area (Å²) in [5, 5.41) is 0. The first-order chi connectivity index (χ1) is 33.0. The number of carbonyl (C=O) groups is 3. The van der Waals surface area contributed by atoms with Crippen LogP contribution in [0, 0.1) is 0 Å². The maximum absolute atomic E-state index is 12.8. The van der Waals surface area contributed by atoms with E-state index in [9.17, 15) is 14.4 Å². The second kappa shape index (κ2) is 55.2. The minimum absolute atomic E-state index is 0.0998. The second-order valence-electron chi connectivity index (χ2n) is 18.5. The Kier molecular flexibility index (Phi) is 52.4. The normalized spacial score (nSPS) is 12.7. The average molecular weight is 933 g/mol. The van der Waals surface area contributed by atoms with Crippen LogP contribution in [0.4, 0.5) is 0 Å². The lowest BCUT2D eigenvalue weighted by Crippen LogP contribution is -2.30. The molecule has 0 aromatic heterocycles. The van der Waals surface area contributed by atoms with Crippen molar-refractivity contribution in [1.29, 1.82) is 0 Å². The van der Waals surface area contributed by atoms with Gasteiger partial charge in [0.05, 0.1) is 0 Å². The maximum atomic E-state index is 12.8. The van der Waals surface area contributed by atoms with Gasteiger partial charge in [-0.05, 0) is 83.5 Å². The Balaban J connectivity index is 4.45. The number of unbranched alkanes of at least 4 members (excludes halogenated alkanes) is 25. The number of allylic oxidation sites excluding steroid dienone is 14. The molecule has 0 bridgehead atoms. The second-order valence-corrected chi connectivity index (χ2v) is 18.5. The van der Waals surface area contributed by atoms with E-state index in [0.29, 0.717) is 19.3 Å². The third-order valence-corrected chi connectivity index (χ3v) is 11.9. The molecule has 1 atom stereocenters. The van der Waals surface area contributed by atoms with Crippen molar-refractivity contribution in [3.8, 4) is 0 Å². The van der Waals surface area contributed by atoms with Gasteiger partial charge >= 0.3 is 17.9 Å². The fourth-order valence-corrected chi connectivity index (χ4v) is 7.70. The molecule has 6 nitrogen and oxygen atoms in total. The summed E-state index contributed by atoms with van der Waals surface area (Å²) < 4.78 is 16.8. The van der Waals surface area contributed by atoms with Gasteiger partial charge in [0.15, 0.2) is 6.10 Å². The van der Waals surface area contributed by atoms with E-state index in [4.69, 9.17) is 14.2 Å². The molecule has 0 saturated carbocycles. The van der Waals surface area contributed by atoms with Crippen molar-refractivity contribution in [1.82, 2.24) is 0 Å². The molecule has 0 rings (SSSR count). The smallest absolute Gasteiger partial charge is 0.306 e. The van der Waals surface area contributed by atoms with Gasteiger partial charge < -0.3 is 14.2 Å². The van der Waals surface area contributed by atoms with Crippen LogP contribution < -0.4 is 0 Å². The van der Waals surface area contributed by atoms with Gasteiger partial charge in [-0.2, -0.15) is 0 Å². The summed E-state index contributed by atoms with van der Waals surface area (Å²) in [6.07, 6.45) is 71.6. The minimum Gasteiger partial charge on any atom is -0.462 e. The van der Waals surface area contributed by atoms with Crippen LogP contribution in [0.5, 0.6) is 0 Å². The monoisotopic (exact) mass is 933 g/mol. The molecule has 0 aliphatic rings. The number of rotatable bonds is 50. The van der Waals surface area contributed by atoms with Crippen LogP contribution in [0.2, 0.25) is 0 Å². The molecular formula is C61H104O6. The molecule has 384 valence electrons. The quantitative estimate of drug-likeness (QED) is 0.0262. The van der Waals surface area contributed by atoms with Crippen LogP contribution in [0.15, 0.2) is 85.1 Å². The van der Waals surface area contributed by atoms with Gasteiger partial charge in [-0.15, -0.1) is 0 Å². The Labute approximate surface area is 414 Å². The Bertz CT molecular complexity index is 1300. The fourth-order valence-electron chi connectivity index (χ4n) is 7.70. The third-order valence-electron chi connectivity index (χ3n) is 11.9. The van der Waals surface area contributed by atoms with Crippen LogP contribution in [0.1, 0.15) is 265 Å². The lowest BCUT2D eigenvalue weighted by Gasteiger charge is -2.18. The van der Waals surface area contributed by atoms with Crippen LogP contribution in [0.3, 0.4) is 0 Å². The molecule has 0 amide bonds. The Morgan fingerprint density at radius 1 is 0.313 bits per heavy atom. The number of hydrogen-bond donors (Lipinski definition) is 0. The van der Waals surface area contributed by atoms with Crippen molar-refractivity contribution >= 4 is 17.9 Å². The summed E-state index contributed by atoms with van der Waals surface area (Å²) in [7, 11) is 0. The van der Waals surface area contributed by atoms with Crippen LogP contribution in [-0.2, 0) is 28.6 Å². The van der Waals surface area contributed by atoms with E-state index in [2.05, 4.69) is 99.8 Å². The first-order valence-corrected chi connectivity index (χ1v) is 28.1. The van der Waals surface area contributed by atoms with E-state index in [1.165, 1.54) is 141 Å². The van der Waals surface area contributed by atoms with Crippen molar-refractivity contribution in [2.75, 3.05) is 13.2 Å². The van der Waals surface area contributed by atoms with Gasteiger partial charge in [-0.3, -0.25) is 14.4 Å². The largest absolute Gasteiger partial charge is 0.462 e. The van der Waals surface area contributed by atoms with Gasteiger partial charge in [0.1, 0.15) is 13.2 Å². The molecule has 0 aliphatic carbocycles. The summed E-state index contributed by atoms with van der Waals surface area (Å²) in [4.78, 5) is 38.0. The standard InChI is InChI=1S/C61H104O6/c1-4-7-10-13-16-19-22-24-26-28-30-32-34-36-39-42-45-48-51-54-60(63)66-57-58(56-65-59(62)53-50-47-44-41-38-21-18-15-12-9-6-3)67-61(64)55-52-49-46-43-40-37-35-33-31-29-27-25-23-20-17-14-11-8-5-2/h7,10,16,19,24,26,29-32,36,39,45,48,58H,4-6,8-9,11-15,17-18,20-23,25,27-28,33-35,37-38,40-44,46-47,49-57H2,1-3H3/b10-7-,19-16-,26-24-,31-29-,32-30-,39-36-,48-45-/t58-/m1/s1. The highest BCUT2D eigenvalue weighted by molar-refractivity contribution is 5.71. The molecule has 67 heavy (non-hydrogen) atoms. The van der Waals surface area contributed by atoms with E-state index in [1.54, 1.807) is 0 Å². The molecule has 0 aromatic carbocycles. The molecule has 0 aromatic rings. The molecule has 0 N–H and O–H groups in total. The minimum atomic E-state index is -0.807. The SMILES string of the molecule is CC/C=C\C/C=C\C/C=C\C/C=C\C/C=C\C/C=C\CCC(=O)OC[C@@H](COC(=O)CCCCCCCCCCCCC)OC(=O)CCCCCCCCC/C=C\CCCCCCCCCC. The molecule has 0 saturated heterocycles. The van der Waals surface area contributed by atoms with E-state index >= 15 is 0 Å². The van der Waals surface area contributed by atoms with Crippen molar-refractivity contribution in [3.63, 3.8) is 0 Å². The lowest BCUT2D eigenvalue weighted by molar-refractivity contribution is -0.166. The molecule has 0 unspecified atom stereocenters. The lowest BCUT2D eigenvalue weighted by atomic mass is 10.1. The molecule has 0 heterocycles. The Morgan fingerprint density at radius 2 is 0.612 bits per heavy atom. The number of hydrogen-bond acceptors (Lipinski definition) is 6. The number of esters is 3. The molecule has 6 heteroatoms. The van der Waals surface area contributed by atoms with Crippen molar-refractivity contribution < 1.29 is 28.6 Å². The van der Waals surface area contributed by atoms with Crippen molar-refractivity contribution in [2.45, 2.75) is 271 Å². The van der Waals surface area contributed by atoms with Crippen molar-refractivity contribution in [2.24, 2.45) is 0 Å². The number of carbonyl (C=O) groups excluding carboxylic acids is 3. The zero-order valence-electron chi connectivity index (χ0n) is 43.9. The van der Waals surface area contributed by atoms with Gasteiger partial charge in [-0.1, -0.05) is 247 Å². The van der Waals surface area contributed by atoms with Crippen LogP contribution in [-0.4, -0.2) is 37.2 Å². The van der Waals surface area contributed by atoms with E-state index < -0.39 is 6.10 Å². The fraction of sp³-hybridized carbons (Fsp3) is 0.721. The van der Waals surface area contributed by atoms with Crippen LogP contribution in [0.25, 0.3) is 0 Å². The zero-order chi connectivity index (χ0) is 48.6. The zero-order valence-corrected chi connectivity index (χ0v) is 43.9. The average Bonchev–Trinajstić information content (AvgIpc) is 3.33. The van der Waals surface area contributed by atoms with E-state index in [1.807, 2.05) is 6.08 Å². The predicted molar refractivity (Wildman–Crippen MR) is 288 cm³/mol. The molecule has 0 spiro atoms. The van der Waals surface area contributed by atoms with E-state index in [0.717, 1.165) is 77.0 Å². The van der Waals surface area contributed by atoms with Gasteiger partial charge in [0.2, 0.25) is 0 Å². The predicted octanol–water partition coefficient (Wildman–Crippen LogP) is 18.8.